The second kappa shape index (κ2) is 7.70. The number of rotatable bonds is 5. The Morgan fingerprint density at radius 1 is 1.33 bits per heavy atom. The first kappa shape index (κ1) is 15.4. The van der Waals surface area contributed by atoms with E-state index in [0.29, 0.717) is 50.6 Å². The van der Waals surface area contributed by atoms with Gasteiger partial charge in [-0.3, -0.25) is 14.6 Å². The van der Waals surface area contributed by atoms with Gasteiger partial charge in [-0.1, -0.05) is 0 Å². The molecule has 1 saturated heterocycles. The van der Waals surface area contributed by atoms with Crippen LogP contribution < -0.4 is 5.32 Å². The van der Waals surface area contributed by atoms with Crippen LogP contribution in [0.5, 0.6) is 0 Å². The summed E-state index contributed by atoms with van der Waals surface area (Å²) in [5.41, 5.74) is 0.779. The first-order valence-electron chi connectivity index (χ1n) is 6.81. The molecular weight excluding hydrogens is 274 g/mol. The molecule has 2 amide bonds. The normalized spacial score (nSPS) is 14.8. The van der Waals surface area contributed by atoms with Gasteiger partial charge in [0, 0.05) is 39.1 Å². The topological polar surface area (TPSA) is 80.8 Å². The molecule has 1 aromatic heterocycles. The molecule has 0 atom stereocenters. The number of carbonyl (C=O) groups is 2. The molecule has 0 bridgehead atoms. The second-order valence-electron chi connectivity index (χ2n) is 4.62. The third kappa shape index (κ3) is 4.24. The van der Waals surface area contributed by atoms with Gasteiger partial charge in [0.05, 0.1) is 30.9 Å². The minimum atomic E-state index is -0.267. The number of pyridine rings is 1. The molecule has 0 radical (unpaired) electrons. The molecule has 0 unspecified atom stereocenters. The van der Waals surface area contributed by atoms with Crippen molar-refractivity contribution >= 4 is 11.8 Å². The minimum absolute atomic E-state index is 0.127. The summed E-state index contributed by atoms with van der Waals surface area (Å²) >= 11 is 0. The average Bonchev–Trinajstić information content (AvgIpc) is 2.55. The van der Waals surface area contributed by atoms with Crippen LogP contribution in [-0.2, 0) is 9.47 Å². The first-order chi connectivity index (χ1) is 10.2. The van der Waals surface area contributed by atoms with Crippen molar-refractivity contribution in [3.8, 4) is 0 Å². The van der Waals surface area contributed by atoms with Crippen molar-refractivity contribution in [2.75, 3.05) is 46.6 Å². The number of methoxy groups -OCH3 is 1. The van der Waals surface area contributed by atoms with E-state index in [9.17, 15) is 9.59 Å². The summed E-state index contributed by atoms with van der Waals surface area (Å²) in [6.45, 7) is 3.04. The molecule has 0 aromatic carbocycles. The summed E-state index contributed by atoms with van der Waals surface area (Å²) in [5.74, 6) is -0.395. The highest BCUT2D eigenvalue weighted by Crippen LogP contribution is 2.08. The van der Waals surface area contributed by atoms with Crippen LogP contribution in [0.1, 0.15) is 20.7 Å². The quantitative estimate of drug-likeness (QED) is 0.769. The summed E-state index contributed by atoms with van der Waals surface area (Å²) in [7, 11) is 1.56. The van der Waals surface area contributed by atoms with E-state index in [-0.39, 0.29) is 11.8 Å². The first-order valence-corrected chi connectivity index (χ1v) is 6.81. The summed E-state index contributed by atoms with van der Waals surface area (Å²) in [4.78, 5) is 29.9. The molecule has 1 aromatic rings. The van der Waals surface area contributed by atoms with E-state index in [1.807, 2.05) is 0 Å². The summed E-state index contributed by atoms with van der Waals surface area (Å²) in [6, 6.07) is 1.56. The largest absolute Gasteiger partial charge is 0.383 e. The van der Waals surface area contributed by atoms with Gasteiger partial charge < -0.3 is 19.7 Å². The zero-order chi connectivity index (χ0) is 15.1. The fourth-order valence-electron chi connectivity index (χ4n) is 2.00. The Bertz CT molecular complexity index is 501. The Morgan fingerprint density at radius 2 is 2.05 bits per heavy atom. The molecule has 1 N–H and O–H groups in total. The highest BCUT2D eigenvalue weighted by molar-refractivity contribution is 5.99. The van der Waals surface area contributed by atoms with E-state index < -0.39 is 0 Å². The van der Waals surface area contributed by atoms with Gasteiger partial charge in [0.25, 0.3) is 11.8 Å². The predicted octanol–water partition coefficient (Wildman–Crippen LogP) is -0.0698. The molecular formula is C14H19N3O4. The second-order valence-corrected chi connectivity index (χ2v) is 4.62. The molecule has 0 spiro atoms. The number of carbonyl (C=O) groups excluding carboxylic acids is 2. The van der Waals surface area contributed by atoms with Crippen LogP contribution in [0.3, 0.4) is 0 Å². The molecule has 1 aliphatic rings. The van der Waals surface area contributed by atoms with Gasteiger partial charge in [-0.15, -0.1) is 0 Å². The lowest BCUT2D eigenvalue weighted by molar-refractivity contribution is 0.0302. The van der Waals surface area contributed by atoms with Crippen LogP contribution in [0.25, 0.3) is 0 Å². The van der Waals surface area contributed by atoms with E-state index in [1.54, 1.807) is 18.1 Å². The van der Waals surface area contributed by atoms with Crippen LogP contribution in [0, 0.1) is 0 Å². The summed E-state index contributed by atoms with van der Waals surface area (Å²) < 4.78 is 10.1. The number of aromatic nitrogens is 1. The fraction of sp³-hybridized carbons (Fsp3) is 0.500. The highest BCUT2D eigenvalue weighted by Gasteiger charge is 2.19. The SMILES string of the molecule is COCCNC(=O)c1cncc(C(=O)N2CCOCC2)c1. The lowest BCUT2D eigenvalue weighted by Gasteiger charge is -2.26. The number of amides is 2. The predicted molar refractivity (Wildman–Crippen MR) is 75.2 cm³/mol. The van der Waals surface area contributed by atoms with Gasteiger partial charge in [0.1, 0.15) is 0 Å². The van der Waals surface area contributed by atoms with Crippen LogP contribution in [0.2, 0.25) is 0 Å². The molecule has 114 valence electrons. The van der Waals surface area contributed by atoms with Gasteiger partial charge >= 0.3 is 0 Å². The third-order valence-corrected chi connectivity index (χ3v) is 3.14. The Balaban J connectivity index is 2.02. The van der Waals surface area contributed by atoms with E-state index in [1.165, 1.54) is 12.4 Å². The van der Waals surface area contributed by atoms with E-state index in [2.05, 4.69) is 10.3 Å². The van der Waals surface area contributed by atoms with Crippen molar-refractivity contribution in [2.24, 2.45) is 0 Å². The minimum Gasteiger partial charge on any atom is -0.383 e. The summed E-state index contributed by atoms with van der Waals surface area (Å²) in [6.07, 6.45) is 2.92. The van der Waals surface area contributed by atoms with Crippen molar-refractivity contribution in [3.63, 3.8) is 0 Å². The monoisotopic (exact) mass is 293 g/mol. The molecule has 0 aliphatic carbocycles. The molecule has 7 heteroatoms. The summed E-state index contributed by atoms with van der Waals surface area (Å²) in [5, 5.41) is 2.70. The number of nitrogens with zero attached hydrogens (tertiary/aromatic N) is 2. The number of nitrogens with one attached hydrogen (secondary N) is 1. The maximum Gasteiger partial charge on any atom is 0.255 e. The number of ether oxygens (including phenoxy) is 2. The lowest BCUT2D eigenvalue weighted by Crippen LogP contribution is -2.40. The van der Waals surface area contributed by atoms with Gasteiger partial charge in [0.2, 0.25) is 0 Å². The number of hydrogen-bond donors (Lipinski definition) is 1. The van der Waals surface area contributed by atoms with E-state index >= 15 is 0 Å². The van der Waals surface area contributed by atoms with Crippen LogP contribution in [0.4, 0.5) is 0 Å². The van der Waals surface area contributed by atoms with Crippen molar-refractivity contribution in [3.05, 3.63) is 29.6 Å². The third-order valence-electron chi connectivity index (χ3n) is 3.14. The van der Waals surface area contributed by atoms with Gasteiger partial charge in [-0.25, -0.2) is 0 Å². The van der Waals surface area contributed by atoms with E-state index in [0.717, 1.165) is 0 Å². The van der Waals surface area contributed by atoms with Crippen LogP contribution in [0.15, 0.2) is 18.5 Å². The zero-order valence-corrected chi connectivity index (χ0v) is 12.0. The van der Waals surface area contributed by atoms with Crippen LogP contribution >= 0.6 is 0 Å². The van der Waals surface area contributed by atoms with Crippen LogP contribution in [-0.4, -0.2) is 68.3 Å². The average molecular weight is 293 g/mol. The molecule has 2 rings (SSSR count). The fourth-order valence-corrected chi connectivity index (χ4v) is 2.00. The van der Waals surface area contributed by atoms with Crippen molar-refractivity contribution in [2.45, 2.75) is 0 Å². The molecule has 21 heavy (non-hydrogen) atoms. The number of hydrogen-bond acceptors (Lipinski definition) is 5. The van der Waals surface area contributed by atoms with Crippen molar-refractivity contribution in [1.29, 1.82) is 0 Å². The Kier molecular flexibility index (Phi) is 5.65. The molecule has 7 nitrogen and oxygen atoms in total. The van der Waals surface area contributed by atoms with Crippen molar-refractivity contribution < 1.29 is 19.1 Å². The molecule has 1 aliphatic heterocycles. The molecule has 1 fully saturated rings. The Morgan fingerprint density at radius 3 is 2.76 bits per heavy atom. The smallest absolute Gasteiger partial charge is 0.255 e. The zero-order valence-electron chi connectivity index (χ0n) is 12.0. The van der Waals surface area contributed by atoms with Gasteiger partial charge in [-0.05, 0) is 6.07 Å². The lowest BCUT2D eigenvalue weighted by atomic mass is 10.1. The van der Waals surface area contributed by atoms with Gasteiger partial charge in [0.15, 0.2) is 0 Å². The van der Waals surface area contributed by atoms with Gasteiger partial charge in [-0.2, -0.15) is 0 Å². The Hall–Kier alpha value is -1.99. The maximum absolute atomic E-state index is 12.3. The Labute approximate surface area is 123 Å². The maximum atomic E-state index is 12.3. The molecule has 2 heterocycles. The number of morpholine rings is 1. The molecule has 0 saturated carbocycles. The van der Waals surface area contributed by atoms with E-state index in [4.69, 9.17) is 9.47 Å². The van der Waals surface area contributed by atoms with Crippen molar-refractivity contribution in [1.82, 2.24) is 15.2 Å². The standard InChI is InChI=1S/C14H19N3O4/c1-20-5-2-16-13(18)11-8-12(10-15-9-11)14(19)17-3-6-21-7-4-17/h8-10H,2-7H2,1H3,(H,16,18). The highest BCUT2D eigenvalue weighted by atomic mass is 16.5.